The summed E-state index contributed by atoms with van der Waals surface area (Å²) in [5.41, 5.74) is 6.69. The number of aryl methyl sites for hydroxylation is 1. The maximum atomic E-state index is 13.2. The summed E-state index contributed by atoms with van der Waals surface area (Å²) in [6.07, 6.45) is 0. The number of benzene rings is 1. The van der Waals surface area contributed by atoms with Crippen LogP contribution in [0, 0.1) is 12.7 Å². The molecule has 0 aliphatic rings. The lowest BCUT2D eigenvalue weighted by Crippen LogP contribution is -2.35. The Hall–Kier alpha value is -1.46. The zero-order valence-electron chi connectivity index (χ0n) is 10.00. The highest BCUT2D eigenvalue weighted by Crippen LogP contribution is 2.18. The lowest BCUT2D eigenvalue weighted by atomic mass is 10.0. The van der Waals surface area contributed by atoms with Gasteiger partial charge in [0.1, 0.15) is 11.9 Å². The van der Waals surface area contributed by atoms with Gasteiger partial charge < -0.3 is 10.5 Å². The maximum absolute atomic E-state index is 13.2. The van der Waals surface area contributed by atoms with Crippen LogP contribution in [0.15, 0.2) is 18.2 Å². The second-order valence-corrected chi connectivity index (χ2v) is 3.78. The Balaban J connectivity index is 2.89. The number of carbonyl (C=O) groups is 1. The summed E-state index contributed by atoms with van der Waals surface area (Å²) >= 11 is 0. The van der Waals surface area contributed by atoms with Crippen LogP contribution in [0.1, 0.15) is 17.2 Å². The smallest absolute Gasteiger partial charge is 0.239 e. The molecule has 0 fully saturated rings. The maximum Gasteiger partial charge on any atom is 0.239 e. The van der Waals surface area contributed by atoms with E-state index < -0.39 is 11.9 Å². The summed E-state index contributed by atoms with van der Waals surface area (Å²) in [5.74, 6) is -0.916. The van der Waals surface area contributed by atoms with Crippen LogP contribution in [0.3, 0.4) is 0 Å². The first-order valence-electron chi connectivity index (χ1n) is 5.34. The fourth-order valence-corrected chi connectivity index (χ4v) is 1.59. The van der Waals surface area contributed by atoms with E-state index in [4.69, 9.17) is 10.5 Å². The number of nitrogens with one attached hydrogen (secondary N) is 1. The van der Waals surface area contributed by atoms with Gasteiger partial charge in [0.25, 0.3) is 0 Å². The minimum atomic E-state index is -0.694. The van der Waals surface area contributed by atoms with Crippen molar-refractivity contribution in [3.8, 4) is 0 Å². The average molecular weight is 240 g/mol. The summed E-state index contributed by atoms with van der Waals surface area (Å²) in [4.78, 5) is 11.4. The van der Waals surface area contributed by atoms with E-state index in [0.717, 1.165) is 5.56 Å². The molecule has 1 aromatic rings. The molecule has 1 amide bonds. The molecule has 0 aromatic heterocycles. The van der Waals surface area contributed by atoms with Gasteiger partial charge in [-0.25, -0.2) is 4.39 Å². The summed E-state index contributed by atoms with van der Waals surface area (Å²) in [6.45, 7) is 2.74. The van der Waals surface area contributed by atoms with Crippen molar-refractivity contribution in [2.45, 2.75) is 13.0 Å². The minimum Gasteiger partial charge on any atom is -0.383 e. The number of rotatable bonds is 6. The SMILES string of the molecule is COCCNC(C(N)=O)c1cc(F)ccc1C. The molecule has 3 N–H and O–H groups in total. The molecule has 0 spiro atoms. The van der Waals surface area contributed by atoms with E-state index in [9.17, 15) is 9.18 Å². The minimum absolute atomic E-state index is 0.384. The van der Waals surface area contributed by atoms with Gasteiger partial charge in [0, 0.05) is 13.7 Å². The zero-order valence-corrected chi connectivity index (χ0v) is 10.00. The monoisotopic (exact) mass is 240 g/mol. The van der Waals surface area contributed by atoms with Gasteiger partial charge in [0.05, 0.1) is 6.61 Å². The number of primary amides is 1. The van der Waals surface area contributed by atoms with Crippen molar-refractivity contribution in [1.82, 2.24) is 5.32 Å². The van der Waals surface area contributed by atoms with Crippen LogP contribution in [0.5, 0.6) is 0 Å². The van der Waals surface area contributed by atoms with Gasteiger partial charge in [0.15, 0.2) is 0 Å². The summed E-state index contributed by atoms with van der Waals surface area (Å²) in [5, 5.41) is 2.94. The van der Waals surface area contributed by atoms with Crippen LogP contribution in [-0.2, 0) is 9.53 Å². The zero-order chi connectivity index (χ0) is 12.8. The molecule has 0 saturated carbocycles. The highest BCUT2D eigenvalue weighted by Gasteiger charge is 2.19. The van der Waals surface area contributed by atoms with Crippen LogP contribution >= 0.6 is 0 Å². The van der Waals surface area contributed by atoms with Gasteiger partial charge in [-0.2, -0.15) is 0 Å². The van der Waals surface area contributed by atoms with Crippen molar-refractivity contribution in [2.75, 3.05) is 20.3 Å². The molecule has 0 bridgehead atoms. The highest BCUT2D eigenvalue weighted by molar-refractivity contribution is 5.81. The number of halogens is 1. The Morgan fingerprint density at radius 2 is 2.29 bits per heavy atom. The van der Waals surface area contributed by atoms with Crippen LogP contribution in [0.25, 0.3) is 0 Å². The van der Waals surface area contributed by atoms with Crippen molar-refractivity contribution in [2.24, 2.45) is 5.73 Å². The predicted molar refractivity (Wildman–Crippen MR) is 63.0 cm³/mol. The topological polar surface area (TPSA) is 64.3 Å². The van der Waals surface area contributed by atoms with Gasteiger partial charge in [-0.3, -0.25) is 10.1 Å². The number of ether oxygens (including phenoxy) is 1. The first kappa shape index (κ1) is 13.6. The second-order valence-electron chi connectivity index (χ2n) is 3.78. The predicted octanol–water partition coefficient (Wildman–Crippen LogP) is 0.897. The van der Waals surface area contributed by atoms with E-state index >= 15 is 0 Å². The van der Waals surface area contributed by atoms with E-state index in [0.29, 0.717) is 18.7 Å². The van der Waals surface area contributed by atoms with Crippen LogP contribution in [0.2, 0.25) is 0 Å². The Kier molecular flexibility index (Phi) is 5.06. The van der Waals surface area contributed by atoms with Crippen molar-refractivity contribution < 1.29 is 13.9 Å². The van der Waals surface area contributed by atoms with Gasteiger partial charge in [-0.1, -0.05) is 6.07 Å². The Labute approximate surface area is 100.0 Å². The third kappa shape index (κ3) is 3.80. The Bertz CT molecular complexity index is 396. The lowest BCUT2D eigenvalue weighted by Gasteiger charge is -2.17. The van der Waals surface area contributed by atoms with Crippen LogP contribution < -0.4 is 11.1 Å². The van der Waals surface area contributed by atoms with E-state index in [1.807, 2.05) is 6.92 Å². The highest BCUT2D eigenvalue weighted by atomic mass is 19.1. The quantitative estimate of drug-likeness (QED) is 0.726. The van der Waals surface area contributed by atoms with Gasteiger partial charge in [-0.15, -0.1) is 0 Å². The molecule has 4 nitrogen and oxygen atoms in total. The third-order valence-electron chi connectivity index (χ3n) is 2.49. The first-order valence-corrected chi connectivity index (χ1v) is 5.34. The molecule has 5 heteroatoms. The third-order valence-corrected chi connectivity index (χ3v) is 2.49. The molecule has 1 aromatic carbocycles. The number of methoxy groups -OCH3 is 1. The number of amides is 1. The molecule has 0 saturated heterocycles. The molecular weight excluding hydrogens is 223 g/mol. The molecule has 0 heterocycles. The number of carbonyl (C=O) groups excluding carboxylic acids is 1. The molecule has 17 heavy (non-hydrogen) atoms. The summed E-state index contributed by atoms with van der Waals surface area (Å²) in [7, 11) is 1.56. The van der Waals surface area contributed by atoms with E-state index in [1.54, 1.807) is 13.2 Å². The molecule has 0 aliphatic carbocycles. The number of hydrogen-bond acceptors (Lipinski definition) is 3. The van der Waals surface area contributed by atoms with Crippen molar-refractivity contribution >= 4 is 5.91 Å². The van der Waals surface area contributed by atoms with E-state index in [2.05, 4.69) is 5.32 Å². The average Bonchev–Trinajstić information content (AvgIpc) is 2.28. The van der Waals surface area contributed by atoms with Crippen LogP contribution in [0.4, 0.5) is 4.39 Å². The lowest BCUT2D eigenvalue weighted by molar-refractivity contribution is -0.120. The molecule has 0 radical (unpaired) electrons. The largest absolute Gasteiger partial charge is 0.383 e. The van der Waals surface area contributed by atoms with E-state index in [1.165, 1.54) is 12.1 Å². The van der Waals surface area contributed by atoms with Crippen molar-refractivity contribution in [3.63, 3.8) is 0 Å². The molecule has 94 valence electrons. The number of hydrogen-bond donors (Lipinski definition) is 2. The number of nitrogens with two attached hydrogens (primary N) is 1. The van der Waals surface area contributed by atoms with Crippen molar-refractivity contribution in [3.05, 3.63) is 35.1 Å². The summed E-state index contributed by atoms with van der Waals surface area (Å²) < 4.78 is 18.0. The van der Waals surface area contributed by atoms with Gasteiger partial charge in [0.2, 0.25) is 5.91 Å². The van der Waals surface area contributed by atoms with Gasteiger partial charge >= 0.3 is 0 Å². The standard InChI is InChI=1S/C12H17FN2O2/c1-8-3-4-9(13)7-10(8)11(12(14)16)15-5-6-17-2/h3-4,7,11,15H,5-6H2,1-2H3,(H2,14,16). The molecular formula is C12H17FN2O2. The van der Waals surface area contributed by atoms with Gasteiger partial charge in [-0.05, 0) is 30.2 Å². The second kappa shape index (κ2) is 6.32. The normalized spacial score (nSPS) is 12.4. The Morgan fingerprint density at radius 1 is 1.59 bits per heavy atom. The molecule has 1 rings (SSSR count). The fraction of sp³-hybridized carbons (Fsp3) is 0.417. The molecule has 0 aliphatic heterocycles. The van der Waals surface area contributed by atoms with Crippen LogP contribution in [-0.4, -0.2) is 26.2 Å². The fourth-order valence-electron chi connectivity index (χ4n) is 1.59. The van der Waals surface area contributed by atoms with Crippen molar-refractivity contribution in [1.29, 1.82) is 0 Å². The Morgan fingerprint density at radius 3 is 2.88 bits per heavy atom. The molecule has 1 unspecified atom stereocenters. The molecule has 1 atom stereocenters. The first-order chi connectivity index (χ1) is 8.06. The summed E-state index contributed by atoms with van der Waals surface area (Å²) in [6, 6.07) is 3.61. The van der Waals surface area contributed by atoms with E-state index in [-0.39, 0.29) is 5.82 Å².